The minimum atomic E-state index is -0.330. The molecule has 0 unspecified atom stereocenters. The number of carbonyl (C=O) groups is 1. The molecule has 0 saturated carbocycles. The zero-order valence-corrected chi connectivity index (χ0v) is 19.1. The third-order valence-corrected chi connectivity index (χ3v) is 8.28. The fourth-order valence-electron chi connectivity index (χ4n) is 2.23. The minimum absolute atomic E-state index is 0.0658. The number of ether oxygens (including phenoxy) is 1. The van der Waals surface area contributed by atoms with E-state index in [2.05, 4.69) is 55.1 Å². The number of hydrogen-bond donors (Lipinski definition) is 0. The van der Waals surface area contributed by atoms with Gasteiger partial charge in [-0.05, 0) is 24.3 Å². The summed E-state index contributed by atoms with van der Waals surface area (Å²) in [6, 6.07) is 20.9. The fraction of sp³-hybridized carbons (Fsp3) is 0.318. The highest BCUT2D eigenvalue weighted by atomic mass is 32.2. The van der Waals surface area contributed by atoms with E-state index in [9.17, 15) is 4.79 Å². The Hall–Kier alpha value is -0.950. The maximum atomic E-state index is 11.6. The second kappa shape index (κ2) is 15.0. The van der Waals surface area contributed by atoms with Gasteiger partial charge in [0.25, 0.3) is 0 Å². The van der Waals surface area contributed by atoms with Crippen LogP contribution in [0.2, 0.25) is 0 Å². The molecule has 28 heavy (non-hydrogen) atoms. The molecule has 0 aliphatic heterocycles. The van der Waals surface area contributed by atoms with E-state index in [1.165, 1.54) is 15.9 Å². The average Bonchev–Trinajstić information content (AvgIpc) is 2.74. The Balaban J connectivity index is 1.61. The van der Waals surface area contributed by atoms with Crippen LogP contribution in [0.15, 0.2) is 83.1 Å². The van der Waals surface area contributed by atoms with E-state index >= 15 is 0 Å². The third kappa shape index (κ3) is 10.6. The van der Waals surface area contributed by atoms with E-state index in [0.717, 1.165) is 34.5 Å². The van der Waals surface area contributed by atoms with Crippen LogP contribution in [0.5, 0.6) is 0 Å². The Morgan fingerprint density at radius 3 is 1.71 bits per heavy atom. The van der Waals surface area contributed by atoms with Gasteiger partial charge in [0.1, 0.15) is 6.10 Å². The summed E-state index contributed by atoms with van der Waals surface area (Å²) < 4.78 is 5.52. The molecule has 2 rings (SSSR count). The molecule has 0 spiro atoms. The Morgan fingerprint density at radius 1 is 0.821 bits per heavy atom. The molecule has 0 amide bonds. The first-order valence-electron chi connectivity index (χ1n) is 9.12. The van der Waals surface area contributed by atoms with Crippen LogP contribution in [0.4, 0.5) is 0 Å². The van der Waals surface area contributed by atoms with Gasteiger partial charge in [0, 0.05) is 50.4 Å². The lowest BCUT2D eigenvalue weighted by atomic mass is 10.4. The maximum Gasteiger partial charge on any atom is 0.330 e. The van der Waals surface area contributed by atoms with Crippen LogP contribution >= 0.6 is 47.0 Å². The first-order valence-corrected chi connectivity index (χ1v) is 13.4. The van der Waals surface area contributed by atoms with Crippen molar-refractivity contribution in [1.29, 1.82) is 0 Å². The Kier molecular flexibility index (Phi) is 12.5. The lowest BCUT2D eigenvalue weighted by Gasteiger charge is -2.16. The molecule has 2 aromatic rings. The number of hydrogen-bond acceptors (Lipinski definition) is 6. The monoisotopic (exact) mass is 450 g/mol. The zero-order valence-electron chi connectivity index (χ0n) is 15.8. The van der Waals surface area contributed by atoms with E-state index in [4.69, 9.17) is 4.74 Å². The summed E-state index contributed by atoms with van der Waals surface area (Å²) in [4.78, 5) is 14.2. The van der Waals surface area contributed by atoms with Crippen molar-refractivity contribution in [2.24, 2.45) is 0 Å². The van der Waals surface area contributed by atoms with Gasteiger partial charge in [-0.1, -0.05) is 43.0 Å². The normalized spacial score (nSPS) is 10.8. The standard InChI is InChI=1S/C22H26O2S4/c1-2-22(23)24-19(17-25-13-15-27-20-9-5-3-6-10-20)18-26-14-16-28-21-11-7-4-8-12-21/h2-12,19H,1,13-18H2. The van der Waals surface area contributed by atoms with Crippen molar-refractivity contribution in [3.63, 3.8) is 0 Å². The molecule has 0 atom stereocenters. The van der Waals surface area contributed by atoms with Gasteiger partial charge in [0.15, 0.2) is 0 Å². The van der Waals surface area contributed by atoms with Crippen molar-refractivity contribution in [2.45, 2.75) is 15.9 Å². The second-order valence-corrected chi connectivity index (χ2v) is 10.4. The van der Waals surface area contributed by atoms with Crippen molar-refractivity contribution in [2.75, 3.05) is 34.5 Å². The molecule has 0 aromatic heterocycles. The van der Waals surface area contributed by atoms with Crippen LogP contribution in [-0.4, -0.2) is 46.6 Å². The lowest BCUT2D eigenvalue weighted by Crippen LogP contribution is -2.22. The van der Waals surface area contributed by atoms with Crippen molar-refractivity contribution in [1.82, 2.24) is 0 Å². The SMILES string of the molecule is C=CC(=O)OC(CSCCSc1ccccc1)CSCCSc1ccccc1. The Labute approximate surface area is 185 Å². The van der Waals surface area contributed by atoms with Gasteiger partial charge < -0.3 is 4.74 Å². The number of esters is 1. The van der Waals surface area contributed by atoms with Crippen LogP contribution in [0.25, 0.3) is 0 Å². The summed E-state index contributed by atoms with van der Waals surface area (Å²) in [6.45, 7) is 3.51. The highest BCUT2D eigenvalue weighted by Crippen LogP contribution is 2.21. The maximum absolute atomic E-state index is 11.6. The van der Waals surface area contributed by atoms with Crippen LogP contribution in [0.3, 0.4) is 0 Å². The second-order valence-electron chi connectivity index (χ2n) is 5.74. The minimum Gasteiger partial charge on any atom is -0.457 e. The highest BCUT2D eigenvalue weighted by Gasteiger charge is 2.13. The van der Waals surface area contributed by atoms with Crippen molar-refractivity contribution in [3.8, 4) is 0 Å². The first-order chi connectivity index (χ1) is 13.8. The van der Waals surface area contributed by atoms with Gasteiger partial charge in [0.05, 0.1) is 0 Å². The average molecular weight is 451 g/mol. The molecule has 0 N–H and O–H groups in total. The predicted octanol–water partition coefficient (Wildman–Crippen LogP) is 6.14. The van der Waals surface area contributed by atoms with E-state index < -0.39 is 0 Å². The summed E-state index contributed by atoms with van der Waals surface area (Å²) in [5.41, 5.74) is 0. The Morgan fingerprint density at radius 2 is 1.29 bits per heavy atom. The molecule has 0 bridgehead atoms. The third-order valence-electron chi connectivity index (χ3n) is 3.54. The quantitative estimate of drug-likeness (QED) is 0.149. The van der Waals surface area contributed by atoms with E-state index in [-0.39, 0.29) is 12.1 Å². The molecule has 0 aliphatic carbocycles. The van der Waals surface area contributed by atoms with Gasteiger partial charge >= 0.3 is 5.97 Å². The topological polar surface area (TPSA) is 26.3 Å². The van der Waals surface area contributed by atoms with Crippen LogP contribution < -0.4 is 0 Å². The van der Waals surface area contributed by atoms with E-state index in [0.29, 0.717) is 0 Å². The summed E-state index contributed by atoms with van der Waals surface area (Å²) in [7, 11) is 0. The smallest absolute Gasteiger partial charge is 0.330 e. The molecule has 0 radical (unpaired) electrons. The summed E-state index contributed by atoms with van der Waals surface area (Å²) in [6.07, 6.45) is 1.18. The summed E-state index contributed by atoms with van der Waals surface area (Å²) >= 11 is 7.41. The summed E-state index contributed by atoms with van der Waals surface area (Å²) in [5, 5.41) is 0. The van der Waals surface area contributed by atoms with Crippen molar-refractivity contribution in [3.05, 3.63) is 73.3 Å². The number of carbonyl (C=O) groups excluding carboxylic acids is 1. The zero-order chi connectivity index (χ0) is 19.9. The molecule has 0 heterocycles. The van der Waals surface area contributed by atoms with Crippen molar-refractivity contribution < 1.29 is 9.53 Å². The van der Waals surface area contributed by atoms with Gasteiger partial charge in [-0.2, -0.15) is 23.5 Å². The van der Waals surface area contributed by atoms with Crippen molar-refractivity contribution >= 4 is 53.0 Å². The molecular formula is C22H26O2S4. The van der Waals surface area contributed by atoms with Gasteiger partial charge in [-0.3, -0.25) is 0 Å². The van der Waals surface area contributed by atoms with E-state index in [1.54, 1.807) is 0 Å². The molecule has 0 aliphatic rings. The fourth-order valence-corrected chi connectivity index (χ4v) is 6.39. The Bertz CT molecular complexity index is 630. The number of rotatable bonds is 14. The largest absolute Gasteiger partial charge is 0.457 e. The van der Waals surface area contributed by atoms with Crippen LogP contribution in [0, 0.1) is 0 Å². The van der Waals surface area contributed by atoms with E-state index in [1.807, 2.05) is 59.2 Å². The van der Waals surface area contributed by atoms with Crippen LogP contribution in [0.1, 0.15) is 0 Å². The lowest BCUT2D eigenvalue weighted by molar-refractivity contribution is -0.140. The molecular weight excluding hydrogens is 425 g/mol. The highest BCUT2D eigenvalue weighted by molar-refractivity contribution is 8.03. The van der Waals surface area contributed by atoms with Gasteiger partial charge in [0.2, 0.25) is 0 Å². The molecule has 2 nitrogen and oxygen atoms in total. The van der Waals surface area contributed by atoms with Crippen LogP contribution in [-0.2, 0) is 9.53 Å². The first kappa shape index (κ1) is 23.3. The predicted molar refractivity (Wildman–Crippen MR) is 129 cm³/mol. The summed E-state index contributed by atoms with van der Waals surface area (Å²) in [5.74, 6) is 5.51. The number of thioether (sulfide) groups is 4. The van der Waals surface area contributed by atoms with Gasteiger partial charge in [-0.15, -0.1) is 23.5 Å². The number of benzene rings is 2. The van der Waals surface area contributed by atoms with Gasteiger partial charge in [-0.25, -0.2) is 4.79 Å². The molecule has 6 heteroatoms. The molecule has 0 fully saturated rings. The molecule has 2 aromatic carbocycles. The molecule has 150 valence electrons. The molecule has 0 saturated heterocycles.